The summed E-state index contributed by atoms with van der Waals surface area (Å²) in [5.74, 6) is 0.604. The van der Waals surface area contributed by atoms with E-state index in [1.165, 1.54) is 17.5 Å². The fourth-order valence-electron chi connectivity index (χ4n) is 1.43. The first-order valence-corrected chi connectivity index (χ1v) is 7.64. The lowest BCUT2D eigenvalue weighted by Crippen LogP contribution is -1.97. The van der Waals surface area contributed by atoms with Crippen molar-refractivity contribution < 1.29 is 0 Å². The van der Waals surface area contributed by atoms with Crippen LogP contribution in [0.15, 0.2) is 41.4 Å². The minimum absolute atomic E-state index is 0.604. The van der Waals surface area contributed by atoms with Gasteiger partial charge in [0.2, 0.25) is 0 Å². The monoisotopic (exact) mass is 275 g/mol. The number of rotatable bonds is 4. The van der Waals surface area contributed by atoms with E-state index in [0.717, 1.165) is 13.0 Å². The third-order valence-electron chi connectivity index (χ3n) is 2.78. The van der Waals surface area contributed by atoms with Crippen molar-refractivity contribution in [2.24, 2.45) is 10.9 Å². The van der Waals surface area contributed by atoms with Crippen molar-refractivity contribution in [3.63, 3.8) is 0 Å². The summed E-state index contributed by atoms with van der Waals surface area (Å²) in [5, 5.41) is 0. The smallest absolute Gasteiger partial charge is 0.0444 e. The Morgan fingerprint density at radius 1 is 1.10 bits per heavy atom. The van der Waals surface area contributed by atoms with Crippen LogP contribution in [0.4, 0.5) is 0 Å². The van der Waals surface area contributed by atoms with Gasteiger partial charge in [0.05, 0.1) is 0 Å². The molecule has 1 nitrogen and oxygen atoms in total. The number of aryl methyl sites for hydroxylation is 2. The molecule has 1 aromatic carbocycles. The average Bonchev–Trinajstić information content (AvgIpc) is 2.43. The number of aliphatic imine (C=N–C) groups is 1. The first-order chi connectivity index (χ1) is 9.56. The molecule has 20 heavy (non-hydrogen) atoms. The lowest BCUT2D eigenvalue weighted by atomic mass is 10.1. The van der Waals surface area contributed by atoms with Gasteiger partial charge in [-0.3, -0.25) is 0 Å². The third-order valence-corrected chi connectivity index (χ3v) is 2.78. The predicted molar refractivity (Wildman–Crippen MR) is 94.9 cm³/mol. The molecule has 0 fully saturated rings. The lowest BCUT2D eigenvalue weighted by molar-refractivity contribution is 0.642. The fraction of sp³-hybridized carbons (Fsp3) is 0.526. The second-order valence-corrected chi connectivity index (χ2v) is 4.89. The summed E-state index contributed by atoms with van der Waals surface area (Å²) in [7, 11) is 0. The molecule has 0 aliphatic carbocycles. The van der Waals surface area contributed by atoms with Crippen LogP contribution in [0.3, 0.4) is 0 Å². The molecule has 114 valence electrons. The second kappa shape index (κ2) is 15.7. The molecule has 1 unspecified atom stereocenters. The average molecular weight is 275 g/mol. The highest BCUT2D eigenvalue weighted by atomic mass is 14.7. The second-order valence-electron chi connectivity index (χ2n) is 4.89. The number of hydrogen-bond donors (Lipinski definition) is 0. The van der Waals surface area contributed by atoms with Crippen molar-refractivity contribution in [1.82, 2.24) is 0 Å². The first kappa shape index (κ1) is 20.9. The van der Waals surface area contributed by atoms with E-state index < -0.39 is 0 Å². The van der Waals surface area contributed by atoms with Gasteiger partial charge in [0.1, 0.15) is 0 Å². The lowest BCUT2D eigenvalue weighted by Gasteiger charge is -2.03. The van der Waals surface area contributed by atoms with E-state index in [1.54, 1.807) is 0 Å². The van der Waals surface area contributed by atoms with E-state index in [2.05, 4.69) is 82.7 Å². The number of hydrogen-bond acceptors (Lipinski definition) is 1. The quantitative estimate of drug-likeness (QED) is 0.471. The van der Waals surface area contributed by atoms with Crippen molar-refractivity contribution in [3.8, 4) is 0 Å². The van der Waals surface area contributed by atoms with Crippen LogP contribution in [-0.2, 0) is 0 Å². The van der Waals surface area contributed by atoms with E-state index >= 15 is 0 Å². The Balaban J connectivity index is 0. The van der Waals surface area contributed by atoms with Gasteiger partial charge in [-0.05, 0) is 51.0 Å². The van der Waals surface area contributed by atoms with E-state index in [-0.39, 0.29) is 0 Å². The highest BCUT2D eigenvalue weighted by Crippen LogP contribution is 2.03. The summed E-state index contributed by atoms with van der Waals surface area (Å²) in [5.41, 5.74) is 2.74. The maximum Gasteiger partial charge on any atom is 0.0444 e. The van der Waals surface area contributed by atoms with Crippen LogP contribution in [0, 0.1) is 19.8 Å². The minimum atomic E-state index is 0.604. The molecule has 0 N–H and O–H groups in total. The summed E-state index contributed by atoms with van der Waals surface area (Å²) in [4.78, 5) is 3.82. The molecule has 0 radical (unpaired) electrons. The molecule has 1 atom stereocenters. The van der Waals surface area contributed by atoms with Crippen LogP contribution in [0.1, 0.15) is 51.7 Å². The molecule has 0 aliphatic heterocycles. The van der Waals surface area contributed by atoms with Crippen LogP contribution in [-0.4, -0.2) is 13.3 Å². The summed E-state index contributed by atoms with van der Waals surface area (Å²) in [6, 6.07) is 8.36. The largest absolute Gasteiger partial charge is 0.300 e. The summed E-state index contributed by atoms with van der Waals surface area (Å²) < 4.78 is 0. The molecule has 0 amide bonds. The van der Waals surface area contributed by atoms with Crippen molar-refractivity contribution in [1.29, 1.82) is 0 Å². The van der Waals surface area contributed by atoms with E-state index in [4.69, 9.17) is 0 Å². The van der Waals surface area contributed by atoms with Gasteiger partial charge in [0.25, 0.3) is 0 Å². The predicted octanol–water partition coefficient (Wildman–Crippen LogP) is 6.01. The van der Waals surface area contributed by atoms with Crippen molar-refractivity contribution in [2.45, 2.75) is 54.4 Å². The SMILES string of the molecule is C=NCC(/C=C\C)CC.CCC.Cc1ccccc1C. The minimum Gasteiger partial charge on any atom is -0.300 e. The molecule has 1 rings (SSSR count). The molecule has 0 saturated heterocycles. The van der Waals surface area contributed by atoms with Gasteiger partial charge < -0.3 is 4.99 Å². The van der Waals surface area contributed by atoms with E-state index in [0.29, 0.717) is 5.92 Å². The zero-order chi connectivity index (χ0) is 15.8. The Hall–Kier alpha value is -1.37. The zero-order valence-corrected chi connectivity index (χ0v) is 14.3. The van der Waals surface area contributed by atoms with E-state index in [1.807, 2.05) is 6.92 Å². The van der Waals surface area contributed by atoms with Gasteiger partial charge in [-0.2, -0.15) is 0 Å². The Kier molecular flexibility index (Phi) is 16.4. The Bertz CT molecular complexity index is 332. The number of allylic oxidation sites excluding steroid dienone is 1. The van der Waals surface area contributed by atoms with Gasteiger partial charge >= 0.3 is 0 Å². The molecule has 0 heterocycles. The molecule has 0 aliphatic rings. The maximum atomic E-state index is 3.82. The normalized spacial score (nSPS) is 10.9. The molecule has 0 bridgehead atoms. The fourth-order valence-corrected chi connectivity index (χ4v) is 1.43. The van der Waals surface area contributed by atoms with Gasteiger partial charge in [-0.15, -0.1) is 0 Å². The first-order valence-electron chi connectivity index (χ1n) is 7.64. The number of benzene rings is 1. The van der Waals surface area contributed by atoms with Gasteiger partial charge in [0.15, 0.2) is 0 Å². The molecular weight excluding hydrogens is 242 g/mol. The molecule has 1 heteroatoms. The van der Waals surface area contributed by atoms with Crippen LogP contribution < -0.4 is 0 Å². The Labute approximate surface area is 126 Å². The molecular formula is C19H33N. The highest BCUT2D eigenvalue weighted by Gasteiger charge is 1.96. The molecule has 0 aromatic heterocycles. The number of nitrogens with zero attached hydrogens (tertiary/aromatic N) is 1. The third kappa shape index (κ3) is 13.1. The standard InChI is InChI=1S/C8H15N.C8H10.C3H8/c1-4-6-8(5-2)7-9-3;1-7-5-3-4-6-8(7)2;1-3-2/h4,6,8H,3,5,7H2,1-2H3;3-6H,1-2H3;3H2,1-2H3/b6-4-;;. The highest BCUT2D eigenvalue weighted by molar-refractivity contribution is 5.23. The van der Waals surface area contributed by atoms with Crippen LogP contribution in [0.25, 0.3) is 0 Å². The van der Waals surface area contributed by atoms with Gasteiger partial charge in [-0.25, -0.2) is 0 Å². The topological polar surface area (TPSA) is 12.4 Å². The van der Waals surface area contributed by atoms with Gasteiger partial charge in [-0.1, -0.05) is 63.6 Å². The molecule has 0 saturated carbocycles. The Morgan fingerprint density at radius 2 is 1.55 bits per heavy atom. The Morgan fingerprint density at radius 3 is 1.80 bits per heavy atom. The summed E-state index contributed by atoms with van der Waals surface area (Å²) in [6.07, 6.45) is 6.65. The van der Waals surface area contributed by atoms with Crippen molar-refractivity contribution in [3.05, 3.63) is 47.5 Å². The summed E-state index contributed by atoms with van der Waals surface area (Å²) >= 11 is 0. The van der Waals surface area contributed by atoms with Crippen LogP contribution in [0.5, 0.6) is 0 Å². The van der Waals surface area contributed by atoms with Crippen LogP contribution >= 0.6 is 0 Å². The van der Waals surface area contributed by atoms with Crippen molar-refractivity contribution in [2.75, 3.05) is 6.54 Å². The van der Waals surface area contributed by atoms with Gasteiger partial charge in [0, 0.05) is 6.54 Å². The summed E-state index contributed by atoms with van der Waals surface area (Å²) in [6.45, 7) is 17.0. The molecule has 0 spiro atoms. The zero-order valence-electron chi connectivity index (χ0n) is 14.3. The van der Waals surface area contributed by atoms with Crippen molar-refractivity contribution >= 4 is 6.72 Å². The van der Waals surface area contributed by atoms with E-state index in [9.17, 15) is 0 Å². The van der Waals surface area contributed by atoms with Crippen LogP contribution in [0.2, 0.25) is 0 Å². The maximum absolute atomic E-state index is 3.82. The molecule has 1 aromatic rings.